The number of benzene rings is 1. The van der Waals surface area contributed by atoms with Crippen LogP contribution in [0.15, 0.2) is 30.3 Å². The van der Waals surface area contributed by atoms with Crippen molar-refractivity contribution in [1.82, 2.24) is 0 Å². The van der Waals surface area contributed by atoms with E-state index in [1.165, 1.54) is 25.7 Å². The molecule has 150 valence electrons. The van der Waals surface area contributed by atoms with Gasteiger partial charge in [0.05, 0.1) is 17.5 Å². The van der Waals surface area contributed by atoms with E-state index >= 15 is 0 Å². The third-order valence-corrected chi connectivity index (χ3v) is 6.90. The summed E-state index contributed by atoms with van der Waals surface area (Å²) in [5, 5.41) is 0.683. The average molecular weight is 383 g/mol. The zero-order valence-corrected chi connectivity index (χ0v) is 18.2. The van der Waals surface area contributed by atoms with Crippen LogP contribution in [0, 0.1) is 0 Å². The highest BCUT2D eigenvalue weighted by Crippen LogP contribution is 2.51. The van der Waals surface area contributed by atoms with Gasteiger partial charge >= 0.3 is 7.60 Å². The fourth-order valence-electron chi connectivity index (χ4n) is 3.06. The predicted molar refractivity (Wildman–Crippen MR) is 112 cm³/mol. The standard InChI is InChI=1S/C22H39O3P/c1-5-9-12-16-20(7-3)24-26(23,22-18-14-11-15-19-22)25-21(8-4)17-13-10-6-2/h11,14-15,18-21H,5-10,12-13,16-17H2,1-4H3. The Hall–Kier alpha value is -0.630. The minimum Gasteiger partial charge on any atom is -0.302 e. The van der Waals surface area contributed by atoms with Crippen molar-refractivity contribution in [3.63, 3.8) is 0 Å². The summed E-state index contributed by atoms with van der Waals surface area (Å²) < 4.78 is 26.2. The summed E-state index contributed by atoms with van der Waals surface area (Å²) in [6.07, 6.45) is 10.5. The van der Waals surface area contributed by atoms with Crippen LogP contribution in [-0.4, -0.2) is 12.2 Å². The molecule has 2 unspecified atom stereocenters. The van der Waals surface area contributed by atoms with E-state index in [-0.39, 0.29) is 12.2 Å². The fourth-order valence-corrected chi connectivity index (χ4v) is 5.18. The predicted octanol–water partition coefficient (Wildman–Crippen LogP) is 7.26. The van der Waals surface area contributed by atoms with Crippen LogP contribution in [0.4, 0.5) is 0 Å². The molecule has 0 heterocycles. The molecular weight excluding hydrogens is 343 g/mol. The van der Waals surface area contributed by atoms with Crippen molar-refractivity contribution in [2.75, 3.05) is 0 Å². The Morgan fingerprint density at radius 1 is 0.769 bits per heavy atom. The molecular formula is C22H39O3P. The molecule has 1 aromatic rings. The zero-order chi connectivity index (χ0) is 19.3. The second-order valence-electron chi connectivity index (χ2n) is 7.10. The summed E-state index contributed by atoms with van der Waals surface area (Å²) in [7, 11) is -3.31. The van der Waals surface area contributed by atoms with E-state index < -0.39 is 7.60 Å². The van der Waals surface area contributed by atoms with Crippen LogP contribution in [0.3, 0.4) is 0 Å². The van der Waals surface area contributed by atoms with Crippen molar-refractivity contribution in [3.05, 3.63) is 30.3 Å². The van der Waals surface area contributed by atoms with Gasteiger partial charge in [0.1, 0.15) is 0 Å². The molecule has 1 rings (SSSR count). The molecule has 2 atom stereocenters. The Bertz CT molecular complexity index is 479. The molecule has 0 saturated heterocycles. The summed E-state index contributed by atoms with van der Waals surface area (Å²) >= 11 is 0. The van der Waals surface area contributed by atoms with E-state index in [9.17, 15) is 4.57 Å². The second kappa shape index (κ2) is 13.5. The first-order valence-corrected chi connectivity index (χ1v) is 12.2. The summed E-state index contributed by atoms with van der Waals surface area (Å²) in [5.74, 6) is 0. The van der Waals surface area contributed by atoms with Crippen LogP contribution in [0.25, 0.3) is 0 Å². The van der Waals surface area contributed by atoms with E-state index in [0.29, 0.717) is 5.30 Å². The lowest BCUT2D eigenvalue weighted by Gasteiger charge is -2.28. The highest BCUT2D eigenvalue weighted by atomic mass is 31.2. The third kappa shape index (κ3) is 8.37. The smallest absolute Gasteiger partial charge is 0.302 e. The van der Waals surface area contributed by atoms with E-state index in [4.69, 9.17) is 9.05 Å². The molecule has 0 aromatic heterocycles. The van der Waals surface area contributed by atoms with E-state index in [2.05, 4.69) is 27.7 Å². The van der Waals surface area contributed by atoms with Gasteiger partial charge in [0.15, 0.2) is 0 Å². The van der Waals surface area contributed by atoms with Crippen molar-refractivity contribution < 1.29 is 13.6 Å². The highest BCUT2D eigenvalue weighted by Gasteiger charge is 2.33. The van der Waals surface area contributed by atoms with Crippen LogP contribution in [0.5, 0.6) is 0 Å². The summed E-state index contributed by atoms with van der Waals surface area (Å²) in [6, 6.07) is 9.50. The van der Waals surface area contributed by atoms with Crippen LogP contribution >= 0.6 is 7.60 Å². The minimum absolute atomic E-state index is 0.0132. The van der Waals surface area contributed by atoms with Gasteiger partial charge in [0, 0.05) is 0 Å². The molecule has 0 aliphatic carbocycles. The Morgan fingerprint density at radius 3 is 1.62 bits per heavy atom. The molecule has 0 aliphatic rings. The zero-order valence-electron chi connectivity index (χ0n) is 17.3. The third-order valence-electron chi connectivity index (χ3n) is 4.82. The molecule has 0 amide bonds. The van der Waals surface area contributed by atoms with Gasteiger partial charge in [-0.1, -0.05) is 84.4 Å². The molecule has 0 spiro atoms. The number of hydrogen-bond acceptors (Lipinski definition) is 3. The van der Waals surface area contributed by atoms with Gasteiger partial charge in [-0.15, -0.1) is 0 Å². The Balaban J connectivity index is 2.90. The lowest BCUT2D eigenvalue weighted by Crippen LogP contribution is -2.21. The summed E-state index contributed by atoms with van der Waals surface area (Å²) in [5.41, 5.74) is 0. The minimum atomic E-state index is -3.31. The van der Waals surface area contributed by atoms with Gasteiger partial charge in [0.25, 0.3) is 0 Å². The van der Waals surface area contributed by atoms with Crippen molar-refractivity contribution in [2.24, 2.45) is 0 Å². The van der Waals surface area contributed by atoms with Gasteiger partial charge in [-0.05, 0) is 37.8 Å². The first kappa shape index (κ1) is 23.4. The summed E-state index contributed by atoms with van der Waals surface area (Å²) in [6.45, 7) is 8.60. The normalized spacial score (nSPS) is 16.2. The Morgan fingerprint density at radius 2 is 1.23 bits per heavy atom. The highest BCUT2D eigenvalue weighted by molar-refractivity contribution is 7.62. The maximum Gasteiger partial charge on any atom is 0.361 e. The maximum absolute atomic E-state index is 13.8. The topological polar surface area (TPSA) is 35.5 Å². The fraction of sp³-hybridized carbons (Fsp3) is 0.727. The van der Waals surface area contributed by atoms with E-state index in [1.54, 1.807) is 0 Å². The largest absolute Gasteiger partial charge is 0.361 e. The average Bonchev–Trinajstić information content (AvgIpc) is 2.67. The molecule has 0 saturated carbocycles. The summed E-state index contributed by atoms with van der Waals surface area (Å²) in [4.78, 5) is 0. The lowest BCUT2D eigenvalue weighted by atomic mass is 10.1. The van der Waals surface area contributed by atoms with Gasteiger partial charge < -0.3 is 9.05 Å². The number of unbranched alkanes of at least 4 members (excludes halogenated alkanes) is 4. The maximum atomic E-state index is 13.8. The van der Waals surface area contributed by atoms with Crippen molar-refractivity contribution in [2.45, 2.75) is 104 Å². The van der Waals surface area contributed by atoms with Gasteiger partial charge in [-0.2, -0.15) is 0 Å². The molecule has 0 fully saturated rings. The van der Waals surface area contributed by atoms with Crippen LogP contribution in [0.2, 0.25) is 0 Å². The first-order chi connectivity index (χ1) is 12.6. The Labute approximate surface area is 161 Å². The number of rotatable bonds is 15. The van der Waals surface area contributed by atoms with Gasteiger partial charge in [-0.25, -0.2) is 0 Å². The van der Waals surface area contributed by atoms with E-state index in [1.807, 2.05) is 30.3 Å². The SMILES string of the molecule is CCCCCC(CC)OP(=O)(OC(CC)CCCCC)c1ccccc1. The van der Waals surface area contributed by atoms with Crippen molar-refractivity contribution in [3.8, 4) is 0 Å². The van der Waals surface area contributed by atoms with Crippen molar-refractivity contribution in [1.29, 1.82) is 0 Å². The molecule has 0 bridgehead atoms. The van der Waals surface area contributed by atoms with Crippen LogP contribution in [0.1, 0.15) is 91.9 Å². The monoisotopic (exact) mass is 382 g/mol. The lowest BCUT2D eigenvalue weighted by molar-refractivity contribution is 0.104. The van der Waals surface area contributed by atoms with E-state index in [0.717, 1.165) is 38.5 Å². The molecule has 0 aliphatic heterocycles. The molecule has 3 nitrogen and oxygen atoms in total. The second-order valence-corrected chi connectivity index (χ2v) is 9.03. The molecule has 4 heteroatoms. The van der Waals surface area contributed by atoms with Gasteiger partial charge in [-0.3, -0.25) is 4.57 Å². The van der Waals surface area contributed by atoms with Crippen molar-refractivity contribution >= 4 is 12.9 Å². The quantitative estimate of drug-likeness (QED) is 0.237. The molecule has 0 N–H and O–H groups in total. The molecule has 1 aromatic carbocycles. The Kier molecular flexibility index (Phi) is 12.2. The van der Waals surface area contributed by atoms with Gasteiger partial charge in [0.2, 0.25) is 0 Å². The number of hydrogen-bond donors (Lipinski definition) is 0. The first-order valence-electron chi connectivity index (χ1n) is 10.6. The molecule has 0 radical (unpaired) electrons. The van der Waals surface area contributed by atoms with Crippen LogP contribution in [-0.2, 0) is 13.6 Å². The van der Waals surface area contributed by atoms with Crippen LogP contribution < -0.4 is 5.30 Å². The molecule has 26 heavy (non-hydrogen) atoms.